The van der Waals surface area contributed by atoms with Crippen LogP contribution in [0.4, 0.5) is 0 Å². The topological polar surface area (TPSA) is 75.4 Å². The maximum atomic E-state index is 12.4. The maximum absolute atomic E-state index is 12.4. The molecule has 1 unspecified atom stereocenters. The Morgan fingerprint density at radius 2 is 2.04 bits per heavy atom. The molecule has 1 aliphatic rings. The van der Waals surface area contributed by atoms with Crippen molar-refractivity contribution >= 4 is 11.7 Å². The first-order valence-corrected chi connectivity index (χ1v) is 7.73. The number of carbonyl (C=O) groups is 2. The van der Waals surface area contributed by atoms with E-state index in [1.54, 1.807) is 10.9 Å². The van der Waals surface area contributed by atoms with Crippen LogP contribution in [0.1, 0.15) is 23.2 Å². The van der Waals surface area contributed by atoms with Crippen LogP contribution in [-0.4, -0.2) is 51.2 Å². The van der Waals surface area contributed by atoms with Gasteiger partial charge < -0.3 is 10.0 Å². The summed E-state index contributed by atoms with van der Waals surface area (Å²) in [5.41, 5.74) is 1.11. The highest BCUT2D eigenvalue weighted by molar-refractivity contribution is 6.42. The molecule has 2 heterocycles. The van der Waals surface area contributed by atoms with Gasteiger partial charge in [0.2, 0.25) is 0 Å². The number of carbonyl (C=O) groups excluding carboxylic acids is 2. The Bertz CT molecular complexity index is 696. The number of amides is 1. The van der Waals surface area contributed by atoms with Gasteiger partial charge in [0.25, 0.3) is 11.7 Å². The minimum absolute atomic E-state index is 0.0455. The van der Waals surface area contributed by atoms with Crippen LogP contribution in [0.15, 0.2) is 42.7 Å². The van der Waals surface area contributed by atoms with E-state index in [0.29, 0.717) is 13.1 Å². The third-order valence-electron chi connectivity index (χ3n) is 4.12. The van der Waals surface area contributed by atoms with Crippen molar-refractivity contribution in [3.05, 3.63) is 48.3 Å². The van der Waals surface area contributed by atoms with Gasteiger partial charge in [0.1, 0.15) is 0 Å². The van der Waals surface area contributed by atoms with E-state index in [4.69, 9.17) is 0 Å². The third kappa shape index (κ3) is 3.32. The predicted molar refractivity (Wildman–Crippen MR) is 84.3 cm³/mol. The Hall–Kier alpha value is -2.47. The van der Waals surface area contributed by atoms with Crippen molar-refractivity contribution in [1.82, 2.24) is 14.7 Å². The highest BCUT2D eigenvalue weighted by Crippen LogP contribution is 2.17. The number of hydrogen-bond donors (Lipinski definition) is 1. The number of benzene rings is 1. The van der Waals surface area contributed by atoms with Crippen molar-refractivity contribution in [1.29, 1.82) is 0 Å². The summed E-state index contributed by atoms with van der Waals surface area (Å²) >= 11 is 0. The first-order chi connectivity index (χ1) is 11.2. The van der Waals surface area contributed by atoms with Crippen LogP contribution in [-0.2, 0) is 4.79 Å². The minimum atomic E-state index is -0.550. The van der Waals surface area contributed by atoms with Gasteiger partial charge in [0.15, 0.2) is 0 Å². The van der Waals surface area contributed by atoms with Crippen LogP contribution in [0.5, 0.6) is 0 Å². The molecule has 6 heteroatoms. The molecule has 1 aromatic heterocycles. The van der Waals surface area contributed by atoms with Gasteiger partial charge in [-0.1, -0.05) is 18.2 Å². The van der Waals surface area contributed by atoms with E-state index < -0.39 is 11.7 Å². The number of nitrogens with zero attached hydrogens (tertiary/aromatic N) is 3. The summed E-state index contributed by atoms with van der Waals surface area (Å²) in [7, 11) is 0. The molecule has 1 aromatic carbocycles. The largest absolute Gasteiger partial charge is 0.396 e. The maximum Gasteiger partial charge on any atom is 0.295 e. The molecule has 120 valence electrons. The van der Waals surface area contributed by atoms with E-state index >= 15 is 0 Å². The molecule has 6 nitrogen and oxygen atoms in total. The molecule has 0 bridgehead atoms. The number of aliphatic hydroxyl groups is 1. The number of aromatic nitrogens is 2. The Balaban J connectivity index is 1.73. The fraction of sp³-hybridized carbons (Fsp3) is 0.353. The lowest BCUT2D eigenvalue weighted by Crippen LogP contribution is -2.44. The van der Waals surface area contributed by atoms with Gasteiger partial charge >= 0.3 is 0 Å². The molecule has 0 spiro atoms. The number of Topliss-reactive ketones (excluding diaryl/α,β-unsaturated/α-hetero) is 1. The molecule has 0 radical (unpaired) electrons. The summed E-state index contributed by atoms with van der Waals surface area (Å²) in [5.74, 6) is -1.01. The van der Waals surface area contributed by atoms with Gasteiger partial charge in [0, 0.05) is 25.9 Å². The van der Waals surface area contributed by atoms with E-state index in [9.17, 15) is 14.7 Å². The smallest absolute Gasteiger partial charge is 0.295 e. The highest BCUT2D eigenvalue weighted by atomic mass is 16.3. The fourth-order valence-electron chi connectivity index (χ4n) is 2.83. The Kier molecular flexibility index (Phi) is 4.52. The number of piperidine rings is 1. The normalized spacial score (nSPS) is 18.0. The molecule has 1 aliphatic heterocycles. The second kappa shape index (κ2) is 6.75. The molecule has 2 aromatic rings. The first-order valence-electron chi connectivity index (χ1n) is 7.73. The summed E-state index contributed by atoms with van der Waals surface area (Å²) in [5, 5.41) is 13.4. The third-order valence-corrected chi connectivity index (χ3v) is 4.12. The zero-order valence-corrected chi connectivity index (χ0v) is 12.8. The van der Waals surface area contributed by atoms with Gasteiger partial charge in [-0.3, -0.25) is 9.59 Å². The predicted octanol–water partition coefficient (Wildman–Crippen LogP) is 1.29. The quantitative estimate of drug-likeness (QED) is 0.681. The monoisotopic (exact) mass is 313 g/mol. The Labute approximate surface area is 134 Å². The van der Waals surface area contributed by atoms with Crippen molar-refractivity contribution in [2.75, 3.05) is 19.7 Å². The number of aliphatic hydroxyl groups excluding tert-OH is 1. The van der Waals surface area contributed by atoms with Crippen molar-refractivity contribution in [3.8, 4) is 5.69 Å². The van der Waals surface area contributed by atoms with E-state index in [1.807, 2.05) is 30.3 Å². The van der Waals surface area contributed by atoms with Gasteiger partial charge in [-0.05, 0) is 30.9 Å². The van der Waals surface area contributed by atoms with Crippen molar-refractivity contribution in [3.63, 3.8) is 0 Å². The molecule has 0 saturated carbocycles. The molecule has 1 fully saturated rings. The molecule has 1 N–H and O–H groups in total. The van der Waals surface area contributed by atoms with Crippen LogP contribution in [0.25, 0.3) is 5.69 Å². The van der Waals surface area contributed by atoms with E-state index in [0.717, 1.165) is 18.5 Å². The van der Waals surface area contributed by atoms with Gasteiger partial charge in [-0.25, -0.2) is 4.68 Å². The van der Waals surface area contributed by atoms with Crippen LogP contribution < -0.4 is 0 Å². The number of ketones is 1. The Morgan fingerprint density at radius 3 is 2.78 bits per heavy atom. The number of rotatable bonds is 4. The molecule has 1 saturated heterocycles. The molecule has 0 aliphatic carbocycles. The number of hydrogen-bond acceptors (Lipinski definition) is 4. The molecule has 3 rings (SSSR count). The molecule has 23 heavy (non-hydrogen) atoms. The fourth-order valence-corrected chi connectivity index (χ4v) is 2.83. The molecular weight excluding hydrogens is 294 g/mol. The first kappa shape index (κ1) is 15.4. The summed E-state index contributed by atoms with van der Waals surface area (Å²) in [4.78, 5) is 26.3. The van der Waals surface area contributed by atoms with Crippen LogP contribution in [0, 0.1) is 5.92 Å². The summed E-state index contributed by atoms with van der Waals surface area (Å²) < 4.78 is 1.58. The van der Waals surface area contributed by atoms with Crippen LogP contribution in [0.3, 0.4) is 0 Å². The van der Waals surface area contributed by atoms with Crippen molar-refractivity contribution < 1.29 is 14.7 Å². The zero-order valence-electron chi connectivity index (χ0n) is 12.8. The van der Waals surface area contributed by atoms with E-state index in [-0.39, 0.29) is 18.1 Å². The van der Waals surface area contributed by atoms with Gasteiger partial charge in [0.05, 0.1) is 17.4 Å². The van der Waals surface area contributed by atoms with E-state index in [1.165, 1.54) is 11.1 Å². The highest BCUT2D eigenvalue weighted by Gasteiger charge is 2.28. The zero-order chi connectivity index (χ0) is 16.2. The average Bonchev–Trinajstić information content (AvgIpc) is 3.11. The van der Waals surface area contributed by atoms with Crippen LogP contribution >= 0.6 is 0 Å². The summed E-state index contributed by atoms with van der Waals surface area (Å²) in [6.45, 7) is 1.05. The standard InChI is InChI=1S/C17H19N3O3/c21-12-13-5-4-8-19(10-13)17(23)16(22)14-9-18-20(11-14)15-6-2-1-3-7-15/h1-3,6-7,9,11,13,21H,4-5,8,10,12H2. The second-order valence-electron chi connectivity index (χ2n) is 5.78. The van der Waals surface area contributed by atoms with Crippen LogP contribution in [0.2, 0.25) is 0 Å². The summed E-state index contributed by atoms with van der Waals surface area (Å²) in [6, 6.07) is 9.41. The lowest BCUT2D eigenvalue weighted by molar-refractivity contribution is -0.128. The molecule has 1 amide bonds. The second-order valence-corrected chi connectivity index (χ2v) is 5.78. The molecule has 1 atom stereocenters. The minimum Gasteiger partial charge on any atom is -0.396 e. The lowest BCUT2D eigenvalue weighted by atomic mass is 9.98. The Morgan fingerprint density at radius 1 is 1.26 bits per heavy atom. The van der Waals surface area contributed by atoms with Gasteiger partial charge in [-0.2, -0.15) is 5.10 Å². The molecular formula is C17H19N3O3. The number of para-hydroxylation sites is 1. The van der Waals surface area contributed by atoms with Crippen molar-refractivity contribution in [2.45, 2.75) is 12.8 Å². The lowest BCUT2D eigenvalue weighted by Gasteiger charge is -2.31. The average molecular weight is 313 g/mol. The number of likely N-dealkylation sites (tertiary alicyclic amines) is 1. The van der Waals surface area contributed by atoms with E-state index in [2.05, 4.69) is 5.10 Å². The van der Waals surface area contributed by atoms with Crippen molar-refractivity contribution in [2.24, 2.45) is 5.92 Å². The van der Waals surface area contributed by atoms with Gasteiger partial charge in [-0.15, -0.1) is 0 Å². The summed E-state index contributed by atoms with van der Waals surface area (Å²) in [6.07, 6.45) is 4.69. The SMILES string of the molecule is O=C(C(=O)N1CCCC(CO)C1)c1cnn(-c2ccccc2)c1.